The van der Waals surface area contributed by atoms with Crippen LogP contribution in [-0.4, -0.2) is 5.78 Å². The lowest BCUT2D eigenvalue weighted by Crippen LogP contribution is -2.05. The molecule has 5 heteroatoms. The number of hydrogen-bond acceptors (Lipinski definition) is 1. The van der Waals surface area contributed by atoms with Crippen LogP contribution in [0.15, 0.2) is 36.4 Å². The normalized spacial score (nSPS) is 10.5. The second kappa shape index (κ2) is 5.68. The van der Waals surface area contributed by atoms with Gasteiger partial charge in [0.05, 0.1) is 10.0 Å². The Balaban J connectivity index is 2.28. The minimum atomic E-state index is -0.722. The summed E-state index contributed by atoms with van der Waals surface area (Å²) in [6.45, 7) is 0. The Bertz CT molecular complexity index is 621. The molecule has 0 saturated heterocycles. The molecule has 2 rings (SSSR count). The van der Waals surface area contributed by atoms with Gasteiger partial charge in [0.2, 0.25) is 0 Å². The van der Waals surface area contributed by atoms with Crippen LogP contribution in [0.3, 0.4) is 0 Å². The van der Waals surface area contributed by atoms with Crippen LogP contribution in [0.25, 0.3) is 0 Å². The predicted molar refractivity (Wildman–Crippen MR) is 70.9 cm³/mol. The summed E-state index contributed by atoms with van der Waals surface area (Å²) in [4.78, 5) is 12.0. The lowest BCUT2D eigenvalue weighted by atomic mass is 10.0. The second-order valence-electron chi connectivity index (χ2n) is 3.98. The highest BCUT2D eigenvalue weighted by Crippen LogP contribution is 2.26. The molecule has 0 aliphatic rings. The predicted octanol–water partition coefficient (Wildman–Crippen LogP) is 4.70. The Morgan fingerprint density at radius 3 is 2.32 bits per heavy atom. The van der Waals surface area contributed by atoms with Gasteiger partial charge in [-0.1, -0.05) is 29.3 Å². The number of hydrogen-bond donors (Lipinski definition) is 0. The average molecular weight is 301 g/mol. The molecule has 0 bridgehead atoms. The summed E-state index contributed by atoms with van der Waals surface area (Å²) in [5.41, 5.74) is 0.484. The zero-order valence-corrected chi connectivity index (χ0v) is 11.1. The molecule has 0 fully saturated rings. The van der Waals surface area contributed by atoms with E-state index in [4.69, 9.17) is 23.2 Å². The Hall–Kier alpha value is -1.45. The fourth-order valence-corrected chi connectivity index (χ4v) is 2.12. The molecule has 0 aliphatic heterocycles. The van der Waals surface area contributed by atoms with Gasteiger partial charge in [0.25, 0.3) is 0 Å². The maximum atomic E-state index is 13.0. The first-order valence-corrected chi connectivity index (χ1v) is 6.15. The number of carbonyl (C=O) groups is 1. The molecule has 0 saturated carbocycles. The Kier molecular flexibility index (Phi) is 4.17. The molecule has 0 N–H and O–H groups in total. The molecule has 98 valence electrons. The van der Waals surface area contributed by atoms with Gasteiger partial charge < -0.3 is 0 Å². The van der Waals surface area contributed by atoms with Gasteiger partial charge in [0.1, 0.15) is 11.6 Å². The molecule has 2 aromatic carbocycles. The molecule has 0 unspecified atom stereocenters. The van der Waals surface area contributed by atoms with Crippen molar-refractivity contribution in [3.8, 4) is 0 Å². The standard InChI is InChI=1S/C14H8Cl2F2O/c15-12-3-1-2-11(14(12)16)13(19)6-8-4-9(17)7-10(18)5-8/h1-5,7H,6H2. The molecule has 0 heterocycles. The van der Waals surface area contributed by atoms with Gasteiger partial charge in [-0.2, -0.15) is 0 Å². The molecule has 0 radical (unpaired) electrons. The molecule has 0 atom stereocenters. The van der Waals surface area contributed by atoms with Crippen LogP contribution in [0.5, 0.6) is 0 Å². The number of halogens is 4. The van der Waals surface area contributed by atoms with Gasteiger partial charge >= 0.3 is 0 Å². The first-order chi connectivity index (χ1) is 8.97. The summed E-state index contributed by atoms with van der Waals surface area (Å²) in [5.74, 6) is -1.79. The van der Waals surface area contributed by atoms with Crippen LogP contribution in [-0.2, 0) is 6.42 Å². The third kappa shape index (κ3) is 3.31. The quantitative estimate of drug-likeness (QED) is 0.751. The average Bonchev–Trinajstić information content (AvgIpc) is 2.31. The van der Waals surface area contributed by atoms with Crippen molar-refractivity contribution in [1.29, 1.82) is 0 Å². The summed E-state index contributed by atoms with van der Waals surface area (Å²) < 4.78 is 26.1. The van der Waals surface area contributed by atoms with Crippen LogP contribution in [0.2, 0.25) is 10.0 Å². The lowest BCUT2D eigenvalue weighted by molar-refractivity contribution is 0.0993. The number of carbonyl (C=O) groups excluding carboxylic acids is 1. The fraction of sp³-hybridized carbons (Fsp3) is 0.0714. The van der Waals surface area contributed by atoms with Gasteiger partial charge in [0.15, 0.2) is 5.78 Å². The van der Waals surface area contributed by atoms with Gasteiger partial charge in [0, 0.05) is 18.1 Å². The maximum absolute atomic E-state index is 13.0. The Labute approximate surface area is 118 Å². The number of rotatable bonds is 3. The van der Waals surface area contributed by atoms with Crippen LogP contribution >= 0.6 is 23.2 Å². The van der Waals surface area contributed by atoms with Crippen molar-refractivity contribution >= 4 is 29.0 Å². The van der Waals surface area contributed by atoms with Crippen LogP contribution in [0, 0.1) is 11.6 Å². The molecule has 0 amide bonds. The molecular weight excluding hydrogens is 293 g/mol. The van der Waals surface area contributed by atoms with Crippen molar-refractivity contribution in [3.63, 3.8) is 0 Å². The van der Waals surface area contributed by atoms with Crippen molar-refractivity contribution in [3.05, 3.63) is 69.2 Å². The van der Waals surface area contributed by atoms with Crippen molar-refractivity contribution in [1.82, 2.24) is 0 Å². The molecule has 0 spiro atoms. The lowest BCUT2D eigenvalue weighted by Gasteiger charge is -2.05. The zero-order chi connectivity index (χ0) is 14.0. The second-order valence-corrected chi connectivity index (χ2v) is 4.76. The third-order valence-electron chi connectivity index (χ3n) is 2.54. The van der Waals surface area contributed by atoms with Gasteiger partial charge in [-0.3, -0.25) is 4.79 Å². The first-order valence-electron chi connectivity index (χ1n) is 5.39. The van der Waals surface area contributed by atoms with Crippen molar-refractivity contribution in [2.45, 2.75) is 6.42 Å². The van der Waals surface area contributed by atoms with E-state index in [0.29, 0.717) is 0 Å². The van der Waals surface area contributed by atoms with E-state index in [1.165, 1.54) is 6.07 Å². The first kappa shape index (κ1) is 14.0. The van der Waals surface area contributed by atoms with Crippen LogP contribution in [0.1, 0.15) is 15.9 Å². The van der Waals surface area contributed by atoms with E-state index in [0.717, 1.165) is 18.2 Å². The minimum absolute atomic E-state index is 0.144. The fourth-order valence-electron chi connectivity index (χ4n) is 1.71. The number of benzene rings is 2. The van der Waals surface area contributed by atoms with E-state index >= 15 is 0 Å². The van der Waals surface area contributed by atoms with Crippen LogP contribution < -0.4 is 0 Å². The highest BCUT2D eigenvalue weighted by molar-refractivity contribution is 6.43. The summed E-state index contributed by atoms with van der Waals surface area (Å²) in [6.07, 6.45) is -0.144. The largest absolute Gasteiger partial charge is 0.294 e. The maximum Gasteiger partial charge on any atom is 0.168 e. The molecular formula is C14H8Cl2F2O. The Morgan fingerprint density at radius 1 is 1.05 bits per heavy atom. The molecule has 2 aromatic rings. The van der Waals surface area contributed by atoms with E-state index < -0.39 is 11.6 Å². The van der Waals surface area contributed by atoms with Crippen molar-refractivity contribution in [2.24, 2.45) is 0 Å². The molecule has 19 heavy (non-hydrogen) atoms. The summed E-state index contributed by atoms with van der Waals surface area (Å²) in [6, 6.07) is 7.64. The van der Waals surface area contributed by atoms with Crippen molar-refractivity contribution < 1.29 is 13.6 Å². The van der Waals surface area contributed by atoms with Gasteiger partial charge in [-0.25, -0.2) is 8.78 Å². The van der Waals surface area contributed by atoms with E-state index in [2.05, 4.69) is 0 Å². The molecule has 0 aliphatic carbocycles. The molecule has 1 nitrogen and oxygen atoms in total. The minimum Gasteiger partial charge on any atom is -0.294 e. The number of Topliss-reactive ketones (excluding diaryl/α,β-unsaturated/α-hetero) is 1. The van der Waals surface area contributed by atoms with Gasteiger partial charge in [-0.15, -0.1) is 0 Å². The summed E-state index contributed by atoms with van der Waals surface area (Å²) in [7, 11) is 0. The topological polar surface area (TPSA) is 17.1 Å². The van der Waals surface area contributed by atoms with E-state index in [-0.39, 0.29) is 33.4 Å². The number of ketones is 1. The monoisotopic (exact) mass is 300 g/mol. The van der Waals surface area contributed by atoms with Gasteiger partial charge in [-0.05, 0) is 29.8 Å². The van der Waals surface area contributed by atoms with E-state index in [9.17, 15) is 13.6 Å². The molecule has 0 aromatic heterocycles. The third-order valence-corrected chi connectivity index (χ3v) is 3.36. The SMILES string of the molecule is O=C(Cc1cc(F)cc(F)c1)c1cccc(Cl)c1Cl. The summed E-state index contributed by atoms with van der Waals surface area (Å²) in [5, 5.41) is 0.406. The Morgan fingerprint density at radius 2 is 1.68 bits per heavy atom. The van der Waals surface area contributed by atoms with Crippen molar-refractivity contribution in [2.75, 3.05) is 0 Å². The smallest absolute Gasteiger partial charge is 0.168 e. The summed E-state index contributed by atoms with van der Waals surface area (Å²) >= 11 is 11.7. The highest BCUT2D eigenvalue weighted by atomic mass is 35.5. The van der Waals surface area contributed by atoms with Crippen LogP contribution in [0.4, 0.5) is 8.78 Å². The highest BCUT2D eigenvalue weighted by Gasteiger charge is 2.14. The zero-order valence-electron chi connectivity index (χ0n) is 9.59. The van der Waals surface area contributed by atoms with E-state index in [1.807, 2.05) is 0 Å². The van der Waals surface area contributed by atoms with E-state index in [1.54, 1.807) is 12.1 Å².